The molecule has 1 saturated carbocycles. The Kier molecular flexibility index (Phi) is 7.76. The third-order valence-corrected chi connectivity index (χ3v) is 7.85. The Bertz CT molecular complexity index is 1180. The lowest BCUT2D eigenvalue weighted by molar-refractivity contribution is -0.139. The molecule has 1 aliphatic heterocycles. The van der Waals surface area contributed by atoms with Crippen LogP contribution in [0.3, 0.4) is 0 Å². The third kappa shape index (κ3) is 5.22. The summed E-state index contributed by atoms with van der Waals surface area (Å²) in [6, 6.07) is 8.02. The quantitative estimate of drug-likeness (QED) is 0.513. The Hall–Kier alpha value is -2.61. The molecule has 8 heteroatoms. The van der Waals surface area contributed by atoms with E-state index in [0.29, 0.717) is 30.3 Å². The van der Waals surface area contributed by atoms with Gasteiger partial charge in [0.25, 0.3) is 0 Å². The monoisotopic (exact) mass is 501 g/mol. The number of rotatable bonds is 8. The van der Waals surface area contributed by atoms with E-state index < -0.39 is 11.9 Å². The van der Waals surface area contributed by atoms with Crippen molar-refractivity contribution in [2.45, 2.75) is 38.3 Å². The first-order valence-corrected chi connectivity index (χ1v) is 12.5. The molecule has 2 aromatic rings. The summed E-state index contributed by atoms with van der Waals surface area (Å²) >= 11 is 8.39. The average Bonchev–Trinajstić information content (AvgIpc) is 3.64. The predicted octanol–water partition coefficient (Wildman–Crippen LogP) is 5.00. The van der Waals surface area contributed by atoms with Crippen molar-refractivity contribution in [1.29, 1.82) is 0 Å². The first kappa shape index (κ1) is 24.5. The number of allylic oxidation sites excluding steroid dienone is 2. The zero-order valence-corrected chi connectivity index (χ0v) is 20.8. The molecule has 4 rings (SSSR count). The second kappa shape index (κ2) is 10.8. The Balaban J connectivity index is 1.84. The molecule has 34 heavy (non-hydrogen) atoms. The third-order valence-electron chi connectivity index (χ3n) is 6.15. The fourth-order valence-electron chi connectivity index (χ4n) is 4.27. The molecule has 1 atom stereocenters. The smallest absolute Gasteiger partial charge is 0.340 e. The highest BCUT2D eigenvalue weighted by molar-refractivity contribution is 7.19. The van der Waals surface area contributed by atoms with E-state index in [1.54, 1.807) is 23.6 Å². The van der Waals surface area contributed by atoms with E-state index >= 15 is 0 Å². The zero-order chi connectivity index (χ0) is 24.2. The molecule has 0 radical (unpaired) electrons. The number of hydrogen-bond donors (Lipinski definition) is 1. The van der Waals surface area contributed by atoms with Crippen molar-refractivity contribution in [2.24, 2.45) is 5.92 Å². The maximum atomic E-state index is 12.8. The van der Waals surface area contributed by atoms with Gasteiger partial charge in [-0.25, -0.2) is 9.59 Å². The first-order chi connectivity index (χ1) is 16.5. The normalized spacial score (nSPS) is 18.5. The second-order valence-corrected chi connectivity index (χ2v) is 10.0. The molecule has 0 bridgehead atoms. The highest BCUT2D eigenvalue weighted by atomic mass is 35.5. The molecule has 1 fully saturated rings. The summed E-state index contributed by atoms with van der Waals surface area (Å²) in [6.07, 6.45) is 8.86. The van der Waals surface area contributed by atoms with Crippen LogP contribution >= 0.6 is 22.9 Å². The first-order valence-electron chi connectivity index (χ1n) is 11.3. The number of carbonyl (C=O) groups excluding carboxylic acids is 2. The van der Waals surface area contributed by atoms with Gasteiger partial charge in [-0.3, -0.25) is 0 Å². The number of ether oxygens (including phenoxy) is 2. The van der Waals surface area contributed by atoms with Gasteiger partial charge < -0.3 is 19.5 Å². The van der Waals surface area contributed by atoms with Gasteiger partial charge in [0.05, 0.1) is 43.0 Å². The maximum Gasteiger partial charge on any atom is 0.340 e. The molecule has 1 aromatic heterocycles. The van der Waals surface area contributed by atoms with Crippen LogP contribution in [-0.4, -0.2) is 48.8 Å². The molecule has 0 spiro atoms. The summed E-state index contributed by atoms with van der Waals surface area (Å²) in [7, 11) is 2.58. The minimum atomic E-state index is -0.615. The lowest BCUT2D eigenvalue weighted by Crippen LogP contribution is -2.33. The van der Waals surface area contributed by atoms with Gasteiger partial charge in [0, 0.05) is 27.8 Å². The predicted molar refractivity (Wildman–Crippen MR) is 133 cm³/mol. The van der Waals surface area contributed by atoms with E-state index in [9.17, 15) is 14.7 Å². The van der Waals surface area contributed by atoms with Crippen LogP contribution in [0.15, 0.2) is 59.3 Å². The van der Waals surface area contributed by atoms with Crippen molar-refractivity contribution in [2.75, 3.05) is 20.8 Å². The fourth-order valence-corrected chi connectivity index (χ4v) is 5.77. The van der Waals surface area contributed by atoms with Gasteiger partial charge in [-0.2, -0.15) is 0 Å². The number of methoxy groups -OCH3 is 2. The minimum absolute atomic E-state index is 0.0186. The number of aliphatic hydroxyl groups excluding tert-OH is 1. The number of aliphatic hydroxyl groups is 1. The van der Waals surface area contributed by atoms with Gasteiger partial charge in [0.1, 0.15) is 0 Å². The summed E-state index contributed by atoms with van der Waals surface area (Å²) in [6.45, 7) is 0.520. The highest BCUT2D eigenvalue weighted by Crippen LogP contribution is 2.41. The lowest BCUT2D eigenvalue weighted by atomic mass is 9.95. The van der Waals surface area contributed by atoms with Crippen molar-refractivity contribution in [1.82, 2.24) is 4.90 Å². The number of carbonyl (C=O) groups is 2. The van der Waals surface area contributed by atoms with Gasteiger partial charge in [-0.1, -0.05) is 35.9 Å². The van der Waals surface area contributed by atoms with E-state index in [4.69, 9.17) is 21.1 Å². The lowest BCUT2D eigenvalue weighted by Gasteiger charge is -2.31. The van der Waals surface area contributed by atoms with Crippen LogP contribution in [0.4, 0.5) is 0 Å². The van der Waals surface area contributed by atoms with Crippen LogP contribution in [-0.2, 0) is 25.6 Å². The number of thiophene rings is 1. The Morgan fingerprint density at radius 1 is 1.15 bits per heavy atom. The van der Waals surface area contributed by atoms with E-state index in [-0.39, 0.29) is 23.8 Å². The summed E-state index contributed by atoms with van der Waals surface area (Å²) in [5.41, 5.74) is 1.17. The number of nitrogens with zero attached hydrogens (tertiary/aromatic N) is 1. The van der Waals surface area contributed by atoms with Gasteiger partial charge in [0.15, 0.2) is 0 Å². The van der Waals surface area contributed by atoms with Crippen molar-refractivity contribution < 1.29 is 24.2 Å². The van der Waals surface area contributed by atoms with Crippen LogP contribution in [0.5, 0.6) is 0 Å². The van der Waals surface area contributed by atoms with Crippen LogP contribution in [0, 0.1) is 5.92 Å². The topological polar surface area (TPSA) is 76.1 Å². The molecule has 0 amide bonds. The van der Waals surface area contributed by atoms with E-state index in [1.165, 1.54) is 14.2 Å². The molecule has 0 saturated heterocycles. The van der Waals surface area contributed by atoms with Crippen LogP contribution in [0.25, 0.3) is 10.1 Å². The summed E-state index contributed by atoms with van der Waals surface area (Å²) < 4.78 is 11.1. The van der Waals surface area contributed by atoms with Crippen molar-refractivity contribution >= 4 is 45.0 Å². The fraction of sp³-hybridized carbons (Fsp3) is 0.385. The molecule has 180 valence electrons. The highest BCUT2D eigenvalue weighted by Gasteiger charge is 2.36. The average molecular weight is 502 g/mol. The van der Waals surface area contributed by atoms with Gasteiger partial charge in [-0.15, -0.1) is 11.3 Å². The van der Waals surface area contributed by atoms with Crippen molar-refractivity contribution in [3.8, 4) is 0 Å². The number of halogens is 1. The summed E-state index contributed by atoms with van der Waals surface area (Å²) in [4.78, 5) is 28.6. The molecule has 1 N–H and O–H groups in total. The van der Waals surface area contributed by atoms with Crippen LogP contribution < -0.4 is 0 Å². The minimum Gasteiger partial charge on any atom is -0.465 e. The largest absolute Gasteiger partial charge is 0.465 e. The maximum absolute atomic E-state index is 12.8. The number of hydrogen-bond acceptors (Lipinski definition) is 7. The number of fused-ring (bicyclic) bond motifs is 1. The molecule has 1 unspecified atom stereocenters. The number of benzene rings is 1. The van der Waals surface area contributed by atoms with E-state index in [1.807, 2.05) is 24.3 Å². The number of esters is 2. The molecule has 1 aromatic carbocycles. The Morgan fingerprint density at radius 2 is 1.85 bits per heavy atom. The van der Waals surface area contributed by atoms with Gasteiger partial charge in [0.2, 0.25) is 0 Å². The van der Waals surface area contributed by atoms with Gasteiger partial charge >= 0.3 is 11.9 Å². The van der Waals surface area contributed by atoms with Crippen LogP contribution in [0.2, 0.25) is 5.02 Å². The molecule has 2 heterocycles. The Morgan fingerprint density at radius 3 is 2.50 bits per heavy atom. The molecule has 6 nitrogen and oxygen atoms in total. The Labute approximate surface area is 208 Å². The standard InChI is InChI=1S/C26H28ClNO5S/c1-32-25(30)19-12-16(6-5-11-29)13-21(17-9-10-17)28(14-20(19)26(31)33-2)15-23-24(27)18-7-3-4-8-22(18)34-23/h3-4,7-8,12-14,17,21,29H,5-6,9-11,15H2,1-2H3. The van der Waals surface area contributed by atoms with Crippen molar-refractivity contribution in [3.63, 3.8) is 0 Å². The summed E-state index contributed by atoms with van der Waals surface area (Å²) in [5, 5.41) is 11.1. The second-order valence-electron chi connectivity index (χ2n) is 8.49. The zero-order valence-electron chi connectivity index (χ0n) is 19.3. The van der Waals surface area contributed by atoms with Crippen LogP contribution in [0.1, 0.15) is 30.6 Å². The van der Waals surface area contributed by atoms with Gasteiger partial charge in [-0.05, 0) is 49.3 Å². The SMILES string of the molecule is COC(=O)C1=CC(CCCO)=CC(C2CC2)N(Cc2sc3ccccc3c2Cl)C=C1C(=O)OC. The molecular weight excluding hydrogens is 474 g/mol. The molecular formula is C26H28ClNO5S. The van der Waals surface area contributed by atoms with E-state index in [2.05, 4.69) is 11.0 Å². The molecule has 2 aliphatic rings. The van der Waals surface area contributed by atoms with E-state index in [0.717, 1.165) is 33.4 Å². The molecule has 1 aliphatic carbocycles. The summed E-state index contributed by atoms with van der Waals surface area (Å²) in [5.74, 6) is -0.793. The van der Waals surface area contributed by atoms with Crippen molar-refractivity contribution in [3.05, 3.63) is 69.2 Å².